The van der Waals surface area contributed by atoms with Crippen LogP contribution in [0.1, 0.15) is 31.7 Å². The second-order valence-corrected chi connectivity index (χ2v) is 11.2. The summed E-state index contributed by atoms with van der Waals surface area (Å²) in [4.78, 5) is 22.4. The van der Waals surface area contributed by atoms with Crippen molar-refractivity contribution in [3.05, 3.63) is 47.4 Å². The van der Waals surface area contributed by atoms with Crippen molar-refractivity contribution in [2.45, 2.75) is 31.7 Å². The highest BCUT2D eigenvalue weighted by Gasteiger charge is 2.53. The standard InChI is InChI=1S/C27H33ClN6O2/c1-17-24(20-14-30-32(3)15-20)25(17)26(35)31-23-12-18-11-22(21(28)10-19(18)13-29-23)33-5-7-34(8-6-33)27(2)4-9-36-16-27/h10-15,17,24-25H,4-9,16H2,1-3H3,(H,29,31,35)/t17-,24-,25+,27?/m1/s1. The molecule has 2 aromatic heterocycles. The van der Waals surface area contributed by atoms with Crippen LogP contribution in [0.4, 0.5) is 11.5 Å². The number of nitrogens with zero attached hydrogens (tertiary/aromatic N) is 5. The van der Waals surface area contributed by atoms with Crippen LogP contribution in [0, 0.1) is 11.8 Å². The zero-order chi connectivity index (χ0) is 25.0. The van der Waals surface area contributed by atoms with Gasteiger partial charge in [-0.3, -0.25) is 14.4 Å². The van der Waals surface area contributed by atoms with Crippen molar-refractivity contribution in [2.75, 3.05) is 49.6 Å². The van der Waals surface area contributed by atoms with E-state index in [2.05, 4.69) is 45.1 Å². The van der Waals surface area contributed by atoms with E-state index in [-0.39, 0.29) is 29.2 Å². The maximum atomic E-state index is 13.0. The summed E-state index contributed by atoms with van der Waals surface area (Å²) in [5, 5.41) is 10.0. The fourth-order valence-corrected chi connectivity index (χ4v) is 6.35. The maximum Gasteiger partial charge on any atom is 0.229 e. The number of fused-ring (bicyclic) bond motifs is 1. The van der Waals surface area contributed by atoms with E-state index in [0.29, 0.717) is 5.82 Å². The second-order valence-electron chi connectivity index (χ2n) is 10.8. The van der Waals surface area contributed by atoms with Crippen molar-refractivity contribution < 1.29 is 9.53 Å². The monoisotopic (exact) mass is 508 g/mol. The maximum absolute atomic E-state index is 13.0. The molecule has 3 aromatic rings. The predicted molar refractivity (Wildman–Crippen MR) is 142 cm³/mol. The Balaban J connectivity index is 1.16. The Morgan fingerprint density at radius 2 is 1.97 bits per heavy atom. The minimum absolute atomic E-state index is 0.0119. The number of nitrogens with one attached hydrogen (secondary N) is 1. The first-order chi connectivity index (χ1) is 17.3. The van der Waals surface area contributed by atoms with Gasteiger partial charge >= 0.3 is 0 Å². The lowest BCUT2D eigenvalue weighted by molar-refractivity contribution is -0.117. The van der Waals surface area contributed by atoms with Gasteiger partial charge in [0.25, 0.3) is 0 Å². The van der Waals surface area contributed by atoms with Crippen molar-refractivity contribution in [2.24, 2.45) is 18.9 Å². The molecule has 9 heteroatoms. The average molecular weight is 509 g/mol. The van der Waals surface area contributed by atoms with Gasteiger partial charge in [0.15, 0.2) is 0 Å². The largest absolute Gasteiger partial charge is 0.379 e. The molecule has 1 N–H and O–H groups in total. The van der Waals surface area contributed by atoms with Crippen LogP contribution in [0.2, 0.25) is 5.02 Å². The Labute approximate surface area is 216 Å². The molecule has 1 saturated carbocycles. The average Bonchev–Trinajstić information content (AvgIpc) is 3.15. The van der Waals surface area contributed by atoms with Gasteiger partial charge < -0.3 is 15.0 Å². The first-order valence-electron chi connectivity index (χ1n) is 12.8. The number of halogens is 1. The molecule has 3 aliphatic rings. The van der Waals surface area contributed by atoms with E-state index in [1.165, 1.54) is 0 Å². The molecule has 1 amide bonds. The highest BCUT2D eigenvalue weighted by molar-refractivity contribution is 6.34. The Bertz CT molecular complexity index is 1290. The minimum atomic E-state index is -0.0594. The number of hydrogen-bond donors (Lipinski definition) is 1. The van der Waals surface area contributed by atoms with Crippen LogP contribution in [0.25, 0.3) is 10.8 Å². The Kier molecular flexibility index (Phi) is 5.93. The molecule has 3 fully saturated rings. The Morgan fingerprint density at radius 1 is 1.17 bits per heavy atom. The van der Waals surface area contributed by atoms with E-state index in [1.54, 1.807) is 10.9 Å². The fraction of sp³-hybridized carbons (Fsp3) is 0.519. The number of carbonyl (C=O) groups excluding carboxylic acids is 1. The van der Waals surface area contributed by atoms with Gasteiger partial charge in [-0.15, -0.1) is 0 Å². The third kappa shape index (κ3) is 4.25. The zero-order valence-electron chi connectivity index (χ0n) is 21.1. The molecule has 190 valence electrons. The number of amides is 1. The van der Waals surface area contributed by atoms with Gasteiger partial charge in [0, 0.05) is 75.0 Å². The van der Waals surface area contributed by atoms with Crippen molar-refractivity contribution in [1.29, 1.82) is 0 Å². The Hall–Kier alpha value is -2.68. The molecule has 1 aromatic carbocycles. The van der Waals surface area contributed by atoms with E-state index in [4.69, 9.17) is 16.3 Å². The topological polar surface area (TPSA) is 75.5 Å². The zero-order valence-corrected chi connectivity index (χ0v) is 21.8. The SMILES string of the molecule is C[C@H]1[C@H](C(=O)Nc2cc3cc(N4CCN(C5(C)CCOC5)CC4)c(Cl)cc3cn2)[C@H]1c1cnn(C)c1. The lowest BCUT2D eigenvalue weighted by Crippen LogP contribution is -2.56. The quantitative estimate of drug-likeness (QED) is 0.563. The van der Waals surface area contributed by atoms with Crippen LogP contribution < -0.4 is 10.2 Å². The summed E-state index contributed by atoms with van der Waals surface area (Å²) in [6.07, 6.45) is 6.73. The van der Waals surface area contributed by atoms with Crippen molar-refractivity contribution >= 4 is 39.8 Å². The number of anilines is 2. The molecule has 2 saturated heterocycles. The van der Waals surface area contributed by atoms with Crippen LogP contribution in [0.15, 0.2) is 36.8 Å². The summed E-state index contributed by atoms with van der Waals surface area (Å²) in [7, 11) is 1.90. The summed E-state index contributed by atoms with van der Waals surface area (Å²) in [5.41, 5.74) is 2.30. The van der Waals surface area contributed by atoms with Crippen LogP contribution in [0.3, 0.4) is 0 Å². The lowest BCUT2D eigenvalue weighted by atomic mass is 9.98. The van der Waals surface area contributed by atoms with Crippen molar-refractivity contribution in [3.63, 3.8) is 0 Å². The number of aryl methyl sites for hydroxylation is 1. The van der Waals surface area contributed by atoms with E-state index in [1.807, 2.05) is 31.6 Å². The smallest absolute Gasteiger partial charge is 0.229 e. The highest BCUT2D eigenvalue weighted by atomic mass is 35.5. The Morgan fingerprint density at radius 3 is 2.67 bits per heavy atom. The van der Waals surface area contributed by atoms with Crippen LogP contribution >= 0.6 is 11.6 Å². The molecule has 0 spiro atoms. The van der Waals surface area contributed by atoms with Crippen LogP contribution in [-0.4, -0.2) is 70.5 Å². The summed E-state index contributed by atoms with van der Waals surface area (Å²) in [6, 6.07) is 6.06. The number of pyridine rings is 1. The molecular formula is C27H33ClN6O2. The molecule has 1 aliphatic carbocycles. The van der Waals surface area contributed by atoms with Gasteiger partial charge in [-0.1, -0.05) is 18.5 Å². The van der Waals surface area contributed by atoms with Gasteiger partial charge in [0.05, 0.1) is 23.5 Å². The van der Waals surface area contributed by atoms with Crippen LogP contribution in [-0.2, 0) is 16.6 Å². The van der Waals surface area contributed by atoms with Gasteiger partial charge in [-0.05, 0) is 48.4 Å². The summed E-state index contributed by atoms with van der Waals surface area (Å²) in [5.74, 6) is 1.02. The van der Waals surface area contributed by atoms with E-state index in [0.717, 1.165) is 72.9 Å². The summed E-state index contributed by atoms with van der Waals surface area (Å²) < 4.78 is 7.45. The summed E-state index contributed by atoms with van der Waals surface area (Å²) in [6.45, 7) is 9.91. The molecule has 36 heavy (non-hydrogen) atoms. The fourth-order valence-electron chi connectivity index (χ4n) is 6.05. The molecule has 8 nitrogen and oxygen atoms in total. The molecule has 4 atom stereocenters. The number of carbonyl (C=O) groups is 1. The predicted octanol–water partition coefficient (Wildman–Crippen LogP) is 3.91. The molecule has 6 rings (SSSR count). The first-order valence-corrected chi connectivity index (χ1v) is 13.2. The van der Waals surface area contributed by atoms with Gasteiger partial charge in [0.1, 0.15) is 5.82 Å². The molecule has 0 bridgehead atoms. The molecule has 0 radical (unpaired) electrons. The van der Waals surface area contributed by atoms with Crippen molar-refractivity contribution in [3.8, 4) is 0 Å². The van der Waals surface area contributed by atoms with Gasteiger partial charge in [0.2, 0.25) is 5.91 Å². The first kappa shape index (κ1) is 23.7. The number of aromatic nitrogens is 3. The third-order valence-corrected chi connectivity index (χ3v) is 8.71. The summed E-state index contributed by atoms with van der Waals surface area (Å²) >= 11 is 6.71. The van der Waals surface area contributed by atoms with Crippen LogP contribution in [0.5, 0.6) is 0 Å². The lowest BCUT2D eigenvalue weighted by Gasteiger charge is -2.44. The van der Waals surface area contributed by atoms with Gasteiger partial charge in [-0.2, -0.15) is 5.10 Å². The normalized spacial score (nSPS) is 28.6. The highest BCUT2D eigenvalue weighted by Crippen LogP contribution is 2.54. The number of piperazine rings is 1. The molecule has 1 unspecified atom stereocenters. The number of rotatable bonds is 5. The molecular weight excluding hydrogens is 476 g/mol. The number of benzene rings is 1. The second kappa shape index (κ2) is 9.01. The minimum Gasteiger partial charge on any atom is -0.379 e. The van der Waals surface area contributed by atoms with Crippen molar-refractivity contribution in [1.82, 2.24) is 19.7 Å². The third-order valence-electron chi connectivity index (χ3n) is 8.41. The van der Waals surface area contributed by atoms with E-state index < -0.39 is 0 Å². The molecule has 2 aliphatic heterocycles. The number of ether oxygens (including phenoxy) is 1. The van der Waals surface area contributed by atoms with Gasteiger partial charge in [-0.25, -0.2) is 4.98 Å². The molecule has 4 heterocycles. The number of hydrogen-bond acceptors (Lipinski definition) is 6. The van der Waals surface area contributed by atoms with E-state index >= 15 is 0 Å². The van der Waals surface area contributed by atoms with E-state index in [9.17, 15) is 4.79 Å².